The van der Waals surface area contributed by atoms with Crippen molar-refractivity contribution in [3.05, 3.63) is 102 Å². The first kappa shape index (κ1) is 22.9. The number of aromatic nitrogens is 3. The van der Waals surface area contributed by atoms with Crippen LogP contribution in [0, 0.1) is 6.92 Å². The molecular weight excluding hydrogens is 456 g/mol. The van der Waals surface area contributed by atoms with Crippen molar-refractivity contribution >= 4 is 28.7 Å². The zero-order chi connectivity index (χ0) is 24.2. The van der Waals surface area contributed by atoms with E-state index in [0.717, 1.165) is 38.8 Å². The van der Waals surface area contributed by atoms with Gasteiger partial charge in [-0.05, 0) is 36.8 Å². The minimum atomic E-state index is 0.0569. The third-order valence-corrected chi connectivity index (χ3v) is 6.82. The van der Waals surface area contributed by atoms with Gasteiger partial charge in [0.1, 0.15) is 11.5 Å². The van der Waals surface area contributed by atoms with E-state index >= 15 is 0 Å². The molecule has 0 saturated heterocycles. The molecule has 0 fully saturated rings. The van der Waals surface area contributed by atoms with Gasteiger partial charge in [0.05, 0.1) is 23.3 Å². The highest BCUT2D eigenvalue weighted by atomic mass is 32.2. The molecule has 1 amide bonds. The number of hydrogen-bond donors (Lipinski definition) is 0. The lowest BCUT2D eigenvalue weighted by atomic mass is 10.2. The lowest BCUT2D eigenvalue weighted by Crippen LogP contribution is -2.27. The summed E-state index contributed by atoms with van der Waals surface area (Å²) in [5.74, 6) is 1.74. The molecule has 0 aliphatic rings. The van der Waals surface area contributed by atoms with Gasteiger partial charge >= 0.3 is 0 Å². The molecule has 0 N–H and O–H groups in total. The first-order chi connectivity index (χ1) is 17.1. The van der Waals surface area contributed by atoms with E-state index in [1.165, 1.54) is 11.8 Å². The molecule has 7 heteroatoms. The highest BCUT2D eigenvalue weighted by Gasteiger charge is 2.18. The van der Waals surface area contributed by atoms with E-state index in [9.17, 15) is 4.79 Å². The van der Waals surface area contributed by atoms with Crippen molar-refractivity contribution in [2.24, 2.45) is 0 Å². The molecule has 0 aliphatic heterocycles. The number of benzene rings is 3. The minimum absolute atomic E-state index is 0.0569. The number of oxazole rings is 1. The zero-order valence-electron chi connectivity index (χ0n) is 19.7. The summed E-state index contributed by atoms with van der Waals surface area (Å²) in [6, 6.07) is 27.9. The Bertz CT molecular complexity index is 1440. The molecule has 176 valence electrons. The van der Waals surface area contributed by atoms with Crippen LogP contribution in [-0.4, -0.2) is 38.1 Å². The Morgan fingerprint density at radius 2 is 1.63 bits per heavy atom. The van der Waals surface area contributed by atoms with Crippen molar-refractivity contribution in [2.75, 3.05) is 12.8 Å². The van der Waals surface area contributed by atoms with E-state index in [2.05, 4.69) is 4.57 Å². The SMILES string of the molecule is Cc1oc(-c2ccccc2)nc1Cn1c(SCC(=O)N(C)Cc2ccccc2)nc2ccccc21. The summed E-state index contributed by atoms with van der Waals surface area (Å²) >= 11 is 1.45. The average Bonchev–Trinajstić information content (AvgIpc) is 3.44. The summed E-state index contributed by atoms with van der Waals surface area (Å²) in [4.78, 5) is 24.2. The number of carbonyl (C=O) groups is 1. The van der Waals surface area contributed by atoms with Crippen LogP contribution in [0.25, 0.3) is 22.5 Å². The van der Waals surface area contributed by atoms with Crippen LogP contribution in [0.2, 0.25) is 0 Å². The fourth-order valence-corrected chi connectivity index (χ4v) is 4.88. The highest BCUT2D eigenvalue weighted by Crippen LogP contribution is 2.28. The number of carbonyl (C=O) groups excluding carboxylic acids is 1. The van der Waals surface area contributed by atoms with Crippen LogP contribution in [0.15, 0.2) is 94.5 Å². The standard InChI is InChI=1S/C28H26N4O2S/c1-20-24(29-27(34-20)22-13-7-4-8-14-22)18-32-25-16-10-9-15-23(25)30-28(32)35-19-26(33)31(2)17-21-11-5-3-6-12-21/h3-16H,17-19H2,1-2H3. The predicted octanol–water partition coefficient (Wildman–Crippen LogP) is 5.80. The molecule has 0 aliphatic carbocycles. The summed E-state index contributed by atoms with van der Waals surface area (Å²) in [5, 5.41) is 0.788. The normalized spacial score (nSPS) is 11.1. The number of para-hydroxylation sites is 2. The van der Waals surface area contributed by atoms with E-state index in [-0.39, 0.29) is 5.91 Å². The number of fused-ring (bicyclic) bond motifs is 1. The second kappa shape index (κ2) is 10.2. The molecule has 6 nitrogen and oxygen atoms in total. The molecule has 0 radical (unpaired) electrons. The number of rotatable bonds is 8. The number of aryl methyl sites for hydroxylation is 1. The molecule has 0 saturated carbocycles. The first-order valence-electron chi connectivity index (χ1n) is 11.5. The molecule has 5 rings (SSSR count). The van der Waals surface area contributed by atoms with Crippen molar-refractivity contribution in [3.63, 3.8) is 0 Å². The maximum Gasteiger partial charge on any atom is 0.233 e. The lowest BCUT2D eigenvalue weighted by molar-refractivity contribution is -0.127. The molecule has 35 heavy (non-hydrogen) atoms. The van der Waals surface area contributed by atoms with Gasteiger partial charge in [-0.2, -0.15) is 0 Å². The van der Waals surface area contributed by atoms with Crippen molar-refractivity contribution in [2.45, 2.75) is 25.2 Å². The smallest absolute Gasteiger partial charge is 0.233 e. The van der Waals surface area contributed by atoms with Gasteiger partial charge in [0, 0.05) is 19.2 Å². The van der Waals surface area contributed by atoms with Crippen molar-refractivity contribution in [3.8, 4) is 11.5 Å². The van der Waals surface area contributed by atoms with Crippen LogP contribution >= 0.6 is 11.8 Å². The number of thioether (sulfide) groups is 1. The summed E-state index contributed by atoms with van der Waals surface area (Å²) in [7, 11) is 1.84. The summed E-state index contributed by atoms with van der Waals surface area (Å²) in [6.07, 6.45) is 0. The van der Waals surface area contributed by atoms with Crippen LogP contribution in [0.4, 0.5) is 0 Å². The molecule has 0 bridgehead atoms. The van der Waals surface area contributed by atoms with Gasteiger partial charge in [-0.25, -0.2) is 9.97 Å². The molecular formula is C28H26N4O2S. The number of hydrogen-bond acceptors (Lipinski definition) is 5. The lowest BCUT2D eigenvalue weighted by Gasteiger charge is -2.17. The summed E-state index contributed by atoms with van der Waals surface area (Å²) < 4.78 is 8.09. The third kappa shape index (κ3) is 5.15. The quantitative estimate of drug-likeness (QED) is 0.262. The van der Waals surface area contributed by atoms with E-state index in [1.54, 1.807) is 4.90 Å². The molecule has 3 aromatic carbocycles. The maximum atomic E-state index is 12.9. The molecule has 0 atom stereocenters. The highest BCUT2D eigenvalue weighted by molar-refractivity contribution is 7.99. The topological polar surface area (TPSA) is 64.2 Å². The fourth-order valence-electron chi connectivity index (χ4n) is 3.93. The Labute approximate surface area is 208 Å². The Morgan fingerprint density at radius 3 is 2.40 bits per heavy atom. The third-order valence-electron chi connectivity index (χ3n) is 5.85. The predicted molar refractivity (Wildman–Crippen MR) is 139 cm³/mol. The van der Waals surface area contributed by atoms with Crippen molar-refractivity contribution in [1.82, 2.24) is 19.4 Å². The fraction of sp³-hybridized carbons (Fsp3) is 0.179. The Morgan fingerprint density at radius 1 is 0.943 bits per heavy atom. The van der Waals surface area contributed by atoms with Gasteiger partial charge < -0.3 is 13.9 Å². The van der Waals surface area contributed by atoms with Crippen LogP contribution < -0.4 is 0 Å². The molecule has 2 heterocycles. The Hall–Kier alpha value is -3.84. The molecule has 0 spiro atoms. The number of imidazole rings is 1. The minimum Gasteiger partial charge on any atom is -0.441 e. The second-order valence-electron chi connectivity index (χ2n) is 8.38. The van der Waals surface area contributed by atoms with Crippen LogP contribution in [0.1, 0.15) is 17.0 Å². The van der Waals surface area contributed by atoms with E-state index < -0.39 is 0 Å². The molecule has 2 aromatic heterocycles. The number of nitrogens with zero attached hydrogens (tertiary/aromatic N) is 4. The Kier molecular flexibility index (Phi) is 6.68. The average molecular weight is 483 g/mol. The largest absolute Gasteiger partial charge is 0.441 e. The van der Waals surface area contributed by atoms with Crippen LogP contribution in [-0.2, 0) is 17.9 Å². The van der Waals surface area contributed by atoms with Gasteiger partial charge in [0.2, 0.25) is 11.8 Å². The molecule has 0 unspecified atom stereocenters. The Balaban J connectivity index is 1.36. The van der Waals surface area contributed by atoms with Gasteiger partial charge in [0.15, 0.2) is 5.16 Å². The van der Waals surface area contributed by atoms with Gasteiger partial charge in [-0.15, -0.1) is 0 Å². The zero-order valence-corrected chi connectivity index (χ0v) is 20.5. The maximum absolute atomic E-state index is 12.9. The summed E-state index contributed by atoms with van der Waals surface area (Å²) in [6.45, 7) is 3.03. The van der Waals surface area contributed by atoms with E-state index in [1.807, 2.05) is 98.9 Å². The summed E-state index contributed by atoms with van der Waals surface area (Å²) in [5.41, 5.74) is 4.80. The number of amides is 1. The van der Waals surface area contributed by atoms with Gasteiger partial charge in [0.25, 0.3) is 0 Å². The van der Waals surface area contributed by atoms with Gasteiger partial charge in [-0.1, -0.05) is 72.4 Å². The van der Waals surface area contributed by atoms with Gasteiger partial charge in [-0.3, -0.25) is 4.79 Å². The van der Waals surface area contributed by atoms with Crippen molar-refractivity contribution in [1.29, 1.82) is 0 Å². The van der Waals surface area contributed by atoms with Crippen LogP contribution in [0.3, 0.4) is 0 Å². The van der Waals surface area contributed by atoms with Crippen LogP contribution in [0.5, 0.6) is 0 Å². The second-order valence-corrected chi connectivity index (χ2v) is 9.32. The van der Waals surface area contributed by atoms with Crippen molar-refractivity contribution < 1.29 is 9.21 Å². The monoisotopic (exact) mass is 482 g/mol. The van der Waals surface area contributed by atoms with E-state index in [4.69, 9.17) is 14.4 Å². The van der Waals surface area contributed by atoms with E-state index in [0.29, 0.717) is 24.7 Å². The molecule has 5 aromatic rings. The first-order valence-corrected chi connectivity index (χ1v) is 12.4.